The number of benzene rings is 1. The number of rotatable bonds is 4. The lowest BCUT2D eigenvalue weighted by Gasteiger charge is -2.37. The predicted molar refractivity (Wildman–Crippen MR) is 103 cm³/mol. The van der Waals surface area contributed by atoms with Crippen molar-refractivity contribution in [3.05, 3.63) is 59.9 Å². The van der Waals surface area contributed by atoms with E-state index in [1.165, 1.54) is 7.11 Å². The Morgan fingerprint density at radius 1 is 1.07 bits per heavy atom. The summed E-state index contributed by atoms with van der Waals surface area (Å²) >= 11 is 0. The van der Waals surface area contributed by atoms with Crippen molar-refractivity contribution in [2.75, 3.05) is 25.1 Å². The molecule has 6 nitrogen and oxygen atoms in total. The highest BCUT2D eigenvalue weighted by Crippen LogP contribution is 2.33. The fourth-order valence-electron chi connectivity index (χ4n) is 3.02. The Morgan fingerprint density at radius 2 is 1.74 bits per heavy atom. The first kappa shape index (κ1) is 18.8. The van der Waals surface area contributed by atoms with Crippen LogP contribution in [0.25, 0.3) is 5.69 Å². The van der Waals surface area contributed by atoms with Crippen LogP contribution >= 0.6 is 0 Å². The van der Waals surface area contributed by atoms with Gasteiger partial charge in [-0.25, -0.2) is 9.59 Å². The highest BCUT2D eigenvalue weighted by molar-refractivity contribution is 5.96. The summed E-state index contributed by atoms with van der Waals surface area (Å²) in [4.78, 5) is 26.3. The van der Waals surface area contributed by atoms with E-state index in [4.69, 9.17) is 9.47 Å². The average Bonchev–Trinajstić information content (AvgIpc) is 3.09. The Hall–Kier alpha value is -3.02. The van der Waals surface area contributed by atoms with Gasteiger partial charge in [0.2, 0.25) is 0 Å². The van der Waals surface area contributed by atoms with Crippen LogP contribution in [-0.2, 0) is 14.3 Å². The number of anilines is 1. The molecule has 0 atom stereocenters. The minimum atomic E-state index is -0.506. The number of hydrogen-bond donors (Lipinski definition) is 0. The van der Waals surface area contributed by atoms with Crippen molar-refractivity contribution in [3.63, 3.8) is 0 Å². The normalized spacial score (nSPS) is 13.8. The van der Waals surface area contributed by atoms with Crippen molar-refractivity contribution >= 4 is 17.6 Å². The second-order valence-corrected chi connectivity index (χ2v) is 7.45. The molecule has 6 heteroatoms. The largest absolute Gasteiger partial charge is 0.465 e. The molecule has 0 bridgehead atoms. The summed E-state index contributed by atoms with van der Waals surface area (Å²) in [7, 11) is 1.37. The third-order valence-corrected chi connectivity index (χ3v) is 4.14. The number of carbonyl (C=O) groups is 2. The summed E-state index contributed by atoms with van der Waals surface area (Å²) in [6.07, 6.45) is 5.34. The topological polar surface area (TPSA) is 60.8 Å². The fraction of sp³-hybridized carbons (Fsp3) is 0.333. The van der Waals surface area contributed by atoms with E-state index in [0.717, 1.165) is 16.9 Å². The molecule has 1 fully saturated rings. The molecule has 0 unspecified atom stereocenters. The Morgan fingerprint density at radius 3 is 2.33 bits per heavy atom. The van der Waals surface area contributed by atoms with Crippen LogP contribution < -0.4 is 4.90 Å². The van der Waals surface area contributed by atoms with Gasteiger partial charge in [-0.1, -0.05) is 6.07 Å². The van der Waals surface area contributed by atoms with E-state index < -0.39 is 5.60 Å². The number of methoxy groups -OCH3 is 1. The van der Waals surface area contributed by atoms with Crippen LogP contribution in [0.4, 0.5) is 5.69 Å². The summed E-state index contributed by atoms with van der Waals surface area (Å²) in [5, 5.41) is 0. The molecule has 2 heterocycles. The maximum atomic E-state index is 12.2. The second-order valence-electron chi connectivity index (χ2n) is 7.45. The van der Waals surface area contributed by atoms with Gasteiger partial charge in [-0.05, 0) is 50.6 Å². The molecule has 142 valence electrons. The molecule has 1 saturated heterocycles. The maximum Gasteiger partial charge on any atom is 0.340 e. The van der Waals surface area contributed by atoms with Crippen molar-refractivity contribution in [2.24, 2.45) is 0 Å². The Balaban J connectivity index is 1.85. The van der Waals surface area contributed by atoms with Gasteiger partial charge in [0.05, 0.1) is 24.0 Å². The molecule has 0 amide bonds. The highest BCUT2D eigenvalue weighted by Gasteiger charge is 2.27. The van der Waals surface area contributed by atoms with Gasteiger partial charge in [0.25, 0.3) is 0 Å². The first-order valence-corrected chi connectivity index (χ1v) is 8.80. The van der Waals surface area contributed by atoms with E-state index in [9.17, 15) is 9.59 Å². The van der Waals surface area contributed by atoms with Crippen molar-refractivity contribution < 1.29 is 19.1 Å². The Bertz CT molecular complexity index is 868. The fourth-order valence-corrected chi connectivity index (χ4v) is 3.02. The highest BCUT2D eigenvalue weighted by atomic mass is 16.6. The minimum absolute atomic E-state index is 0.328. The molecule has 3 rings (SSSR count). The molecule has 0 spiro atoms. The molecular formula is C21H24N2O4. The van der Waals surface area contributed by atoms with E-state index in [1.807, 2.05) is 62.0 Å². The maximum absolute atomic E-state index is 12.2. The van der Waals surface area contributed by atoms with E-state index in [2.05, 4.69) is 4.90 Å². The van der Waals surface area contributed by atoms with Crippen molar-refractivity contribution in [1.82, 2.24) is 4.57 Å². The van der Waals surface area contributed by atoms with Crippen molar-refractivity contribution in [3.8, 4) is 5.69 Å². The zero-order valence-corrected chi connectivity index (χ0v) is 16.1. The summed E-state index contributed by atoms with van der Waals surface area (Å²) in [5.74, 6) is -0.711. The van der Waals surface area contributed by atoms with Gasteiger partial charge in [0.15, 0.2) is 0 Å². The van der Waals surface area contributed by atoms with Gasteiger partial charge in [0, 0.05) is 31.6 Å². The molecule has 0 N–H and O–H groups in total. The summed E-state index contributed by atoms with van der Waals surface area (Å²) in [6, 6.07) is 9.36. The number of aromatic nitrogens is 1. The molecule has 2 aromatic rings. The number of ether oxygens (including phenoxy) is 2. The molecule has 1 aromatic heterocycles. The monoisotopic (exact) mass is 368 g/mol. The van der Waals surface area contributed by atoms with Crippen LogP contribution in [-0.4, -0.2) is 42.3 Å². The lowest BCUT2D eigenvalue weighted by Crippen LogP contribution is -2.41. The number of para-hydroxylation sites is 1. The van der Waals surface area contributed by atoms with Crippen molar-refractivity contribution in [1.29, 1.82) is 0 Å². The van der Waals surface area contributed by atoms with Gasteiger partial charge in [0.1, 0.15) is 5.60 Å². The minimum Gasteiger partial charge on any atom is -0.465 e. The van der Waals surface area contributed by atoms with Crippen LogP contribution in [0, 0.1) is 0 Å². The van der Waals surface area contributed by atoms with Crippen LogP contribution in [0.2, 0.25) is 0 Å². The lowest BCUT2D eigenvalue weighted by atomic mass is 10.0. The number of hydrogen-bond acceptors (Lipinski definition) is 5. The van der Waals surface area contributed by atoms with Gasteiger partial charge in [-0.15, -0.1) is 0 Å². The van der Waals surface area contributed by atoms with E-state index in [0.29, 0.717) is 18.7 Å². The third-order valence-electron chi connectivity index (χ3n) is 4.14. The summed E-state index contributed by atoms with van der Waals surface area (Å²) in [5.41, 5.74) is 2.66. The summed E-state index contributed by atoms with van der Waals surface area (Å²) in [6.45, 7) is 6.75. The second kappa shape index (κ2) is 7.31. The van der Waals surface area contributed by atoms with E-state index >= 15 is 0 Å². The van der Waals surface area contributed by atoms with Crippen molar-refractivity contribution in [2.45, 2.75) is 26.4 Å². The van der Waals surface area contributed by atoms with Crippen LogP contribution in [0.5, 0.6) is 0 Å². The zero-order valence-electron chi connectivity index (χ0n) is 16.1. The Kier molecular flexibility index (Phi) is 5.08. The number of carbonyl (C=O) groups excluding carboxylic acids is 2. The number of nitrogens with zero attached hydrogens (tertiary/aromatic N) is 2. The van der Waals surface area contributed by atoms with Crippen LogP contribution in [0.1, 0.15) is 31.1 Å². The quantitative estimate of drug-likeness (QED) is 0.612. The van der Waals surface area contributed by atoms with Gasteiger partial charge >= 0.3 is 11.9 Å². The smallest absolute Gasteiger partial charge is 0.340 e. The molecule has 27 heavy (non-hydrogen) atoms. The summed E-state index contributed by atoms with van der Waals surface area (Å²) < 4.78 is 12.2. The molecule has 0 radical (unpaired) electrons. The molecule has 1 aromatic carbocycles. The first-order chi connectivity index (χ1) is 12.8. The number of esters is 2. The SMILES string of the molecule is COC(=O)c1cccc(N2CC(=CC(=O)OC(C)(C)C)C2)c1-n1cccc1. The van der Waals surface area contributed by atoms with Gasteiger partial charge in [-0.3, -0.25) is 0 Å². The zero-order chi connectivity index (χ0) is 19.6. The van der Waals surface area contributed by atoms with Gasteiger partial charge < -0.3 is 18.9 Å². The molecule has 1 aliphatic rings. The Labute approximate surface area is 159 Å². The van der Waals surface area contributed by atoms with Gasteiger partial charge in [-0.2, -0.15) is 0 Å². The lowest BCUT2D eigenvalue weighted by molar-refractivity contribution is -0.148. The molecular weight excluding hydrogens is 344 g/mol. The van der Waals surface area contributed by atoms with Crippen LogP contribution in [0.3, 0.4) is 0 Å². The molecule has 1 aliphatic heterocycles. The van der Waals surface area contributed by atoms with E-state index in [1.54, 1.807) is 12.1 Å². The first-order valence-electron chi connectivity index (χ1n) is 8.80. The average molecular weight is 368 g/mol. The standard InChI is InChI=1S/C21H24N2O4/c1-21(2,3)27-18(24)12-15-13-23(14-15)17-9-7-8-16(20(25)26-4)19(17)22-10-5-6-11-22/h5-12H,13-14H2,1-4H3. The molecule has 0 saturated carbocycles. The van der Waals surface area contributed by atoms with E-state index in [-0.39, 0.29) is 11.9 Å². The predicted octanol–water partition coefficient (Wildman–Crippen LogP) is 3.35. The van der Waals surface area contributed by atoms with Crippen LogP contribution in [0.15, 0.2) is 54.4 Å². The molecule has 0 aliphatic carbocycles. The third kappa shape index (κ3) is 4.22.